The van der Waals surface area contributed by atoms with Crippen LogP contribution >= 0.6 is 0 Å². The van der Waals surface area contributed by atoms with E-state index < -0.39 is 0 Å². The van der Waals surface area contributed by atoms with E-state index in [4.69, 9.17) is 4.74 Å². The highest BCUT2D eigenvalue weighted by Crippen LogP contribution is 2.20. The molecule has 3 rings (SSSR count). The molecule has 0 bridgehead atoms. The van der Waals surface area contributed by atoms with Crippen molar-refractivity contribution in [1.29, 1.82) is 0 Å². The summed E-state index contributed by atoms with van der Waals surface area (Å²) in [4.78, 5) is 17.3. The van der Waals surface area contributed by atoms with Crippen LogP contribution in [0.4, 0.5) is 5.69 Å². The van der Waals surface area contributed by atoms with Crippen LogP contribution in [-0.2, 0) is 16.1 Å². The maximum absolute atomic E-state index is 12.4. The molecule has 1 aliphatic heterocycles. The smallest absolute Gasteiger partial charge is 0.338 e. The molecule has 5 heteroatoms. The van der Waals surface area contributed by atoms with Crippen molar-refractivity contribution >= 4 is 11.7 Å². The summed E-state index contributed by atoms with van der Waals surface area (Å²) in [5.41, 5.74) is 4.99. The van der Waals surface area contributed by atoms with Crippen LogP contribution < -0.4 is 4.90 Å². The molecule has 0 unspecified atom stereocenters. The third kappa shape index (κ3) is 6.81. The van der Waals surface area contributed by atoms with E-state index in [9.17, 15) is 9.90 Å². The van der Waals surface area contributed by atoms with Gasteiger partial charge < -0.3 is 14.7 Å². The number of nitrogens with zero attached hydrogens (tertiary/aromatic N) is 2. The van der Waals surface area contributed by atoms with Crippen LogP contribution in [0.2, 0.25) is 0 Å². The van der Waals surface area contributed by atoms with Crippen molar-refractivity contribution in [2.24, 2.45) is 0 Å². The number of carbonyl (C=O) groups excluding carboxylic acids is 1. The Hall–Kier alpha value is -2.89. The Bertz CT molecular complexity index is 932. The van der Waals surface area contributed by atoms with Crippen molar-refractivity contribution in [3.63, 3.8) is 0 Å². The van der Waals surface area contributed by atoms with E-state index in [-0.39, 0.29) is 19.2 Å². The van der Waals surface area contributed by atoms with E-state index in [2.05, 4.69) is 28.0 Å². The van der Waals surface area contributed by atoms with Crippen molar-refractivity contribution in [2.45, 2.75) is 26.9 Å². The lowest BCUT2D eigenvalue weighted by atomic mass is 10.1. The molecule has 5 nitrogen and oxygen atoms in total. The highest BCUT2D eigenvalue weighted by Gasteiger charge is 2.18. The van der Waals surface area contributed by atoms with Gasteiger partial charge in [0.25, 0.3) is 0 Å². The number of allylic oxidation sites excluding steroid dienone is 5. The Labute approximate surface area is 191 Å². The molecule has 2 aliphatic rings. The van der Waals surface area contributed by atoms with Crippen LogP contribution in [-0.4, -0.2) is 55.3 Å². The lowest BCUT2D eigenvalue weighted by Gasteiger charge is -2.36. The van der Waals surface area contributed by atoms with Gasteiger partial charge in [0.1, 0.15) is 6.61 Å². The summed E-state index contributed by atoms with van der Waals surface area (Å²) in [5, 5.41) is 9.37. The lowest BCUT2D eigenvalue weighted by molar-refractivity contribution is -0.137. The zero-order valence-electron chi connectivity index (χ0n) is 19.2. The summed E-state index contributed by atoms with van der Waals surface area (Å²) in [6.07, 6.45) is 14.5. The number of hydrogen-bond acceptors (Lipinski definition) is 5. The topological polar surface area (TPSA) is 53.0 Å². The summed E-state index contributed by atoms with van der Waals surface area (Å²) >= 11 is 0. The summed E-state index contributed by atoms with van der Waals surface area (Å²) in [6.45, 7) is 9.04. The van der Waals surface area contributed by atoms with Gasteiger partial charge in [-0.2, -0.15) is 0 Å². The van der Waals surface area contributed by atoms with Gasteiger partial charge in [0.2, 0.25) is 0 Å². The van der Waals surface area contributed by atoms with Gasteiger partial charge in [0.05, 0.1) is 12.2 Å². The normalized spacial score (nSPS) is 17.8. The van der Waals surface area contributed by atoms with Crippen molar-refractivity contribution in [3.05, 3.63) is 89.1 Å². The molecule has 0 spiro atoms. The van der Waals surface area contributed by atoms with E-state index in [0.29, 0.717) is 5.57 Å². The van der Waals surface area contributed by atoms with Crippen LogP contribution in [0.3, 0.4) is 0 Å². The van der Waals surface area contributed by atoms with Gasteiger partial charge in [-0.05, 0) is 49.6 Å². The molecule has 0 aromatic heterocycles. The van der Waals surface area contributed by atoms with Crippen molar-refractivity contribution in [1.82, 2.24) is 4.90 Å². The average Bonchev–Trinajstić information content (AvgIpc) is 3.07. The lowest BCUT2D eigenvalue weighted by Crippen LogP contribution is -2.46. The maximum Gasteiger partial charge on any atom is 0.338 e. The minimum Gasteiger partial charge on any atom is -0.457 e. The number of esters is 1. The average molecular weight is 435 g/mol. The fourth-order valence-electron chi connectivity index (χ4n) is 3.90. The monoisotopic (exact) mass is 434 g/mol. The van der Waals surface area contributed by atoms with E-state index in [1.54, 1.807) is 0 Å². The van der Waals surface area contributed by atoms with E-state index in [1.807, 2.05) is 62.4 Å². The summed E-state index contributed by atoms with van der Waals surface area (Å²) in [7, 11) is 0. The molecule has 1 N–H and O–H groups in total. The number of rotatable bonds is 8. The van der Waals surface area contributed by atoms with Gasteiger partial charge in [-0.1, -0.05) is 54.2 Å². The summed E-state index contributed by atoms with van der Waals surface area (Å²) < 4.78 is 5.46. The van der Waals surface area contributed by atoms with Crippen LogP contribution in [0.15, 0.2) is 83.5 Å². The second-order valence-corrected chi connectivity index (χ2v) is 8.08. The van der Waals surface area contributed by atoms with Gasteiger partial charge in [-0.25, -0.2) is 4.79 Å². The second-order valence-electron chi connectivity index (χ2n) is 8.08. The van der Waals surface area contributed by atoms with Crippen LogP contribution in [0.25, 0.3) is 0 Å². The molecule has 0 amide bonds. The largest absolute Gasteiger partial charge is 0.457 e. The zero-order valence-corrected chi connectivity index (χ0v) is 19.2. The van der Waals surface area contributed by atoms with Gasteiger partial charge in [0, 0.05) is 38.4 Å². The molecular weight excluding hydrogens is 400 g/mol. The highest BCUT2D eigenvalue weighted by molar-refractivity contribution is 5.92. The molecule has 1 fully saturated rings. The SMILES string of the molecule is C/C=C\C(=C/C)COC(=O)C1=CC=C(CN2CCN(c3cccc(CO)c3)CC2)CC=C1. The fourth-order valence-corrected chi connectivity index (χ4v) is 3.90. The van der Waals surface area contributed by atoms with Gasteiger partial charge in [-0.15, -0.1) is 0 Å². The van der Waals surface area contributed by atoms with Crippen LogP contribution in [0, 0.1) is 0 Å². The standard InChI is InChI=1S/C27H34N2O3/c1-3-7-22(4-2)21-32-27(31)25-10-5-8-23(12-13-25)19-28-14-16-29(17-15-28)26-11-6-9-24(18-26)20-30/h3-7,9-13,18,30H,8,14-17,19-21H2,1-2H3/b7-3-,22-4+. The molecular formula is C27H34N2O3. The van der Waals surface area contributed by atoms with Crippen molar-refractivity contribution < 1.29 is 14.6 Å². The number of ether oxygens (including phenoxy) is 1. The number of anilines is 1. The fraction of sp³-hybridized carbons (Fsp3) is 0.370. The van der Waals surface area contributed by atoms with Crippen molar-refractivity contribution in [3.8, 4) is 0 Å². The first-order valence-corrected chi connectivity index (χ1v) is 11.3. The molecule has 1 saturated heterocycles. The number of aliphatic hydroxyl groups is 1. The first kappa shape index (κ1) is 23.8. The molecule has 1 heterocycles. The Morgan fingerprint density at radius 2 is 1.97 bits per heavy atom. The Morgan fingerprint density at radius 1 is 1.16 bits per heavy atom. The predicted molar refractivity (Wildman–Crippen MR) is 130 cm³/mol. The number of piperazine rings is 1. The number of benzene rings is 1. The maximum atomic E-state index is 12.4. The minimum atomic E-state index is -0.290. The summed E-state index contributed by atoms with van der Waals surface area (Å²) in [5.74, 6) is -0.290. The molecule has 32 heavy (non-hydrogen) atoms. The van der Waals surface area contributed by atoms with Gasteiger partial charge in [-0.3, -0.25) is 4.90 Å². The number of hydrogen-bond donors (Lipinski definition) is 1. The zero-order chi connectivity index (χ0) is 22.8. The summed E-state index contributed by atoms with van der Waals surface area (Å²) in [6, 6.07) is 8.13. The van der Waals surface area contributed by atoms with Crippen LogP contribution in [0.5, 0.6) is 0 Å². The molecule has 1 aromatic rings. The molecule has 0 saturated carbocycles. The first-order valence-electron chi connectivity index (χ1n) is 11.3. The Morgan fingerprint density at radius 3 is 2.69 bits per heavy atom. The second kappa shape index (κ2) is 12.2. The van der Waals surface area contributed by atoms with Crippen molar-refractivity contribution in [2.75, 3.05) is 44.2 Å². The Balaban J connectivity index is 1.51. The van der Waals surface area contributed by atoms with E-state index in [1.165, 1.54) is 11.3 Å². The Kier molecular flexibility index (Phi) is 9.08. The van der Waals surface area contributed by atoms with Gasteiger partial charge in [0.15, 0.2) is 0 Å². The van der Waals surface area contributed by atoms with E-state index >= 15 is 0 Å². The third-order valence-electron chi connectivity index (χ3n) is 5.79. The molecule has 170 valence electrons. The third-order valence-corrected chi connectivity index (χ3v) is 5.79. The molecule has 1 aliphatic carbocycles. The minimum absolute atomic E-state index is 0.0742. The number of carbonyl (C=O) groups is 1. The first-order chi connectivity index (χ1) is 15.6. The van der Waals surface area contributed by atoms with Crippen LogP contribution in [0.1, 0.15) is 25.8 Å². The quantitative estimate of drug-likeness (QED) is 0.491. The molecule has 1 aromatic carbocycles. The van der Waals surface area contributed by atoms with Gasteiger partial charge >= 0.3 is 5.97 Å². The predicted octanol–water partition coefficient (Wildman–Crippen LogP) is 4.18. The van der Waals surface area contributed by atoms with E-state index in [0.717, 1.165) is 50.3 Å². The number of aliphatic hydroxyl groups excluding tert-OH is 1. The highest BCUT2D eigenvalue weighted by atomic mass is 16.5. The molecule has 0 radical (unpaired) electrons. The molecule has 0 atom stereocenters.